The van der Waals surface area contributed by atoms with E-state index in [4.69, 9.17) is 0 Å². The molecule has 0 spiro atoms. The largest absolute Gasteiger partial charge is 0.466 e. The van der Waals surface area contributed by atoms with E-state index in [1.165, 1.54) is 0 Å². The molecule has 0 amide bonds. The van der Waals surface area contributed by atoms with Crippen LogP contribution in [-0.4, -0.2) is 26.4 Å². The molecule has 0 aromatic heterocycles. The van der Waals surface area contributed by atoms with E-state index in [1.807, 2.05) is 0 Å². The molecular weight excluding hydrogens is 142 g/mol. The van der Waals surface area contributed by atoms with Crippen LogP contribution in [-0.2, 0) is 9.53 Å². The molecule has 0 aromatic carbocycles. The van der Waals surface area contributed by atoms with Crippen LogP contribution in [0.2, 0.25) is 0 Å². The van der Waals surface area contributed by atoms with Crippen LogP contribution in [0, 0.1) is 0 Å². The topological polar surface area (TPSA) is 26.3 Å². The molecule has 2 nitrogen and oxygen atoms in total. The van der Waals surface area contributed by atoms with Gasteiger partial charge in [-0.05, 0) is 6.08 Å². The van der Waals surface area contributed by atoms with E-state index < -0.39 is 19.3 Å². The Balaban J connectivity index is 4.06. The minimum Gasteiger partial charge on any atom is -0.466 e. The van der Waals surface area contributed by atoms with Gasteiger partial charge in [0, 0.05) is 0 Å². The first kappa shape index (κ1) is 9.07. The molecule has 0 N–H and O–H groups in total. The number of hydrogen-bond donors (Lipinski definition) is 0. The smallest absolute Gasteiger partial charge is 0.336 e. The van der Waals surface area contributed by atoms with E-state index >= 15 is 0 Å². The molecule has 10 heavy (non-hydrogen) atoms. The van der Waals surface area contributed by atoms with Gasteiger partial charge in [0.2, 0.25) is 0 Å². The summed E-state index contributed by atoms with van der Waals surface area (Å²) < 4.78 is 27.4. The number of alkyl halides is 2. The molecule has 4 heteroatoms. The summed E-state index contributed by atoms with van der Waals surface area (Å²) in [5.74, 6) is -0.819. The summed E-state index contributed by atoms with van der Waals surface area (Å²) in [5.41, 5.74) is -0.273. The molecule has 0 unspecified atom stereocenters. The molecule has 0 saturated heterocycles. The van der Waals surface area contributed by atoms with Crippen LogP contribution in [0.4, 0.5) is 8.78 Å². The lowest BCUT2D eigenvalue weighted by Crippen LogP contribution is -2.06. The van der Waals surface area contributed by atoms with E-state index in [0.29, 0.717) is 0 Å². The third kappa shape index (κ3) is 2.57. The van der Waals surface area contributed by atoms with Gasteiger partial charge in [0.05, 0.1) is 12.7 Å². The van der Waals surface area contributed by atoms with Gasteiger partial charge in [-0.2, -0.15) is 0 Å². The lowest BCUT2D eigenvalue weighted by molar-refractivity contribution is -0.136. The molecule has 0 bridgehead atoms. The zero-order valence-electron chi connectivity index (χ0n) is 5.56. The van der Waals surface area contributed by atoms with Gasteiger partial charge in [0.15, 0.2) is 0 Å². The monoisotopic (exact) mass is 150 g/mol. The highest BCUT2D eigenvalue weighted by Gasteiger charge is 2.07. The van der Waals surface area contributed by atoms with Gasteiger partial charge < -0.3 is 4.74 Å². The third-order valence-corrected chi connectivity index (χ3v) is 0.915. The van der Waals surface area contributed by atoms with Crippen LogP contribution in [0.1, 0.15) is 0 Å². The lowest BCUT2D eigenvalue weighted by atomic mass is 10.3. The predicted molar refractivity (Wildman–Crippen MR) is 32.0 cm³/mol. The molecule has 0 atom stereocenters. The normalized spacial score (nSPS) is 11.3. The Kier molecular flexibility index (Phi) is 4.45. The van der Waals surface area contributed by atoms with Crippen molar-refractivity contribution in [3.8, 4) is 0 Å². The van der Waals surface area contributed by atoms with Crippen molar-refractivity contribution < 1.29 is 18.3 Å². The molecule has 58 valence electrons. The Bertz CT molecular complexity index is 143. The summed E-state index contributed by atoms with van der Waals surface area (Å²) in [7, 11) is 1.12. The number of rotatable bonds is 3. The summed E-state index contributed by atoms with van der Waals surface area (Å²) in [5, 5.41) is 0. The van der Waals surface area contributed by atoms with E-state index in [-0.39, 0.29) is 5.57 Å². The van der Waals surface area contributed by atoms with Gasteiger partial charge in [-0.15, -0.1) is 0 Å². The molecule has 0 aliphatic heterocycles. The van der Waals surface area contributed by atoms with E-state index in [2.05, 4.69) is 4.74 Å². The van der Waals surface area contributed by atoms with E-state index in [9.17, 15) is 13.6 Å². The molecule has 0 radical (unpaired) electrons. The maximum Gasteiger partial charge on any atom is 0.336 e. The van der Waals surface area contributed by atoms with Gasteiger partial charge in [-0.3, -0.25) is 0 Å². The third-order valence-electron chi connectivity index (χ3n) is 0.915. The van der Waals surface area contributed by atoms with Crippen LogP contribution in [0.3, 0.4) is 0 Å². The van der Waals surface area contributed by atoms with Crippen LogP contribution in [0.5, 0.6) is 0 Å². The number of hydrogen-bond acceptors (Lipinski definition) is 2. The highest BCUT2D eigenvalue weighted by molar-refractivity contribution is 5.88. The van der Waals surface area contributed by atoms with Gasteiger partial charge in [-0.25, -0.2) is 13.6 Å². The van der Waals surface area contributed by atoms with Crippen molar-refractivity contribution in [2.45, 2.75) is 0 Å². The number of allylic oxidation sites excluding steroid dienone is 1. The second-order valence-electron chi connectivity index (χ2n) is 1.51. The SMILES string of the molecule is COC(=O)C(=CCF)CF. The van der Waals surface area contributed by atoms with Crippen LogP contribution < -0.4 is 0 Å². The summed E-state index contributed by atoms with van der Waals surface area (Å²) in [6.07, 6.45) is 0.853. The summed E-state index contributed by atoms with van der Waals surface area (Å²) in [6, 6.07) is 0. The minimum atomic E-state index is -0.989. The Morgan fingerprint density at radius 1 is 1.60 bits per heavy atom. The average Bonchev–Trinajstić information content (AvgIpc) is 1.99. The molecular formula is C6H8F2O2. The van der Waals surface area contributed by atoms with E-state index in [0.717, 1.165) is 13.2 Å². The first-order chi connectivity index (χ1) is 4.76. The molecule has 0 aromatic rings. The van der Waals surface area contributed by atoms with Gasteiger partial charge >= 0.3 is 5.97 Å². The molecule has 0 saturated carbocycles. The highest BCUT2D eigenvalue weighted by atomic mass is 19.1. The molecule has 0 aliphatic rings. The average molecular weight is 150 g/mol. The van der Waals surface area contributed by atoms with Gasteiger partial charge in [0.1, 0.15) is 13.3 Å². The fourth-order valence-electron chi connectivity index (χ4n) is 0.417. The van der Waals surface area contributed by atoms with Crippen LogP contribution in [0.15, 0.2) is 11.6 Å². The first-order valence-electron chi connectivity index (χ1n) is 2.65. The highest BCUT2D eigenvalue weighted by Crippen LogP contribution is 1.97. The van der Waals surface area contributed by atoms with E-state index in [1.54, 1.807) is 0 Å². The fourth-order valence-corrected chi connectivity index (χ4v) is 0.417. The maximum absolute atomic E-state index is 11.7. The molecule has 0 fully saturated rings. The first-order valence-corrected chi connectivity index (χ1v) is 2.65. The fraction of sp³-hybridized carbons (Fsp3) is 0.500. The van der Waals surface area contributed by atoms with Crippen LogP contribution >= 0.6 is 0 Å². The Morgan fingerprint density at radius 3 is 2.50 bits per heavy atom. The molecule has 0 aliphatic carbocycles. The molecule has 0 rings (SSSR count). The zero-order chi connectivity index (χ0) is 7.98. The Hall–Kier alpha value is -0.930. The number of esters is 1. The number of carbonyl (C=O) groups excluding carboxylic acids is 1. The van der Waals surface area contributed by atoms with Gasteiger partial charge in [0.25, 0.3) is 0 Å². The van der Waals surface area contributed by atoms with Crippen molar-refractivity contribution in [3.05, 3.63) is 11.6 Å². The zero-order valence-corrected chi connectivity index (χ0v) is 5.56. The molecule has 0 heterocycles. The summed E-state index contributed by atoms with van der Waals surface area (Å²) in [6.45, 7) is -1.84. The maximum atomic E-state index is 11.7. The number of carbonyl (C=O) groups is 1. The van der Waals surface area contributed by atoms with Crippen LogP contribution in [0.25, 0.3) is 0 Å². The van der Waals surface area contributed by atoms with Crippen molar-refractivity contribution in [1.29, 1.82) is 0 Å². The quantitative estimate of drug-likeness (QED) is 0.443. The minimum absolute atomic E-state index is 0.273. The number of ether oxygens (including phenoxy) is 1. The standard InChI is InChI=1S/C6H8F2O2/c1-10-6(9)5(4-8)2-3-7/h2H,3-4H2,1H3. The van der Waals surface area contributed by atoms with Crippen molar-refractivity contribution in [2.24, 2.45) is 0 Å². The van der Waals surface area contributed by atoms with Gasteiger partial charge in [-0.1, -0.05) is 0 Å². The second kappa shape index (κ2) is 4.90. The number of halogens is 2. The van der Waals surface area contributed by atoms with Crippen molar-refractivity contribution >= 4 is 5.97 Å². The summed E-state index contributed by atoms with van der Waals surface area (Å²) in [4.78, 5) is 10.4. The predicted octanol–water partition coefficient (Wildman–Crippen LogP) is 1.02. The Labute approximate surface area is 57.5 Å². The second-order valence-corrected chi connectivity index (χ2v) is 1.51. The van der Waals surface area contributed by atoms with Crippen molar-refractivity contribution in [2.75, 3.05) is 20.5 Å². The summed E-state index contributed by atoms with van der Waals surface area (Å²) >= 11 is 0. The van der Waals surface area contributed by atoms with Crippen molar-refractivity contribution in [1.82, 2.24) is 0 Å². The lowest BCUT2D eigenvalue weighted by Gasteiger charge is -1.97. The Morgan fingerprint density at radius 2 is 2.20 bits per heavy atom. The van der Waals surface area contributed by atoms with Crippen molar-refractivity contribution in [3.63, 3.8) is 0 Å². The number of methoxy groups -OCH3 is 1.